The average molecular weight is 414 g/mol. The summed E-state index contributed by atoms with van der Waals surface area (Å²) in [5.74, 6) is 0.486. The molecule has 1 N–H and O–H groups in total. The minimum Gasteiger partial charge on any atom is -0.368 e. The summed E-state index contributed by atoms with van der Waals surface area (Å²) in [6.07, 6.45) is 3.41. The first-order valence-corrected chi connectivity index (χ1v) is 10.3. The molecule has 0 unspecified atom stereocenters. The number of hydrogen-bond donors (Lipinski definition) is 1. The molecule has 2 aromatic heterocycles. The van der Waals surface area contributed by atoms with Crippen molar-refractivity contribution in [2.24, 2.45) is 0 Å². The van der Waals surface area contributed by atoms with E-state index in [0.717, 1.165) is 31.6 Å². The number of carbonyl (C=O) groups is 1. The molecule has 0 aliphatic carbocycles. The molecule has 1 fully saturated rings. The number of hydrogen-bond acceptors (Lipinski definition) is 7. The van der Waals surface area contributed by atoms with Crippen LogP contribution in [0.1, 0.15) is 5.69 Å². The topological polar surface area (TPSA) is 87.4 Å². The lowest BCUT2D eigenvalue weighted by Gasteiger charge is -2.36. The van der Waals surface area contributed by atoms with E-state index < -0.39 is 0 Å². The molecule has 0 saturated carbocycles. The van der Waals surface area contributed by atoms with E-state index in [2.05, 4.69) is 54.5 Å². The standard InChI is InChI=1S/C23H22N6O2/c30-22(14-20-19-8-4-5-9-21(19)31-27-20)26-17-15-24-23(25-16-17)29-12-10-28(11-13-29)18-6-2-1-3-7-18/h1-9,15-16H,10-14H2,(H,26,30). The largest absolute Gasteiger partial charge is 0.368 e. The van der Waals surface area contributed by atoms with Crippen LogP contribution in [0.5, 0.6) is 0 Å². The van der Waals surface area contributed by atoms with E-state index in [1.807, 2.05) is 30.3 Å². The minimum absolute atomic E-state index is 0.125. The van der Waals surface area contributed by atoms with E-state index in [1.165, 1.54) is 5.69 Å². The second-order valence-electron chi connectivity index (χ2n) is 7.43. The lowest BCUT2D eigenvalue weighted by molar-refractivity contribution is -0.115. The summed E-state index contributed by atoms with van der Waals surface area (Å²) in [5, 5.41) is 7.68. The van der Waals surface area contributed by atoms with Gasteiger partial charge in [0.25, 0.3) is 0 Å². The van der Waals surface area contributed by atoms with Crippen LogP contribution in [0.2, 0.25) is 0 Å². The third kappa shape index (κ3) is 4.18. The minimum atomic E-state index is -0.188. The molecule has 1 saturated heterocycles. The van der Waals surface area contributed by atoms with E-state index in [-0.39, 0.29) is 12.3 Å². The molecule has 156 valence electrons. The number of fused-ring (bicyclic) bond motifs is 1. The maximum absolute atomic E-state index is 12.4. The van der Waals surface area contributed by atoms with Crippen LogP contribution in [0.15, 0.2) is 71.5 Å². The van der Waals surface area contributed by atoms with Gasteiger partial charge in [-0.25, -0.2) is 9.97 Å². The first-order chi connectivity index (χ1) is 15.3. The van der Waals surface area contributed by atoms with Gasteiger partial charge in [0.2, 0.25) is 11.9 Å². The predicted octanol–water partition coefficient (Wildman–Crippen LogP) is 3.13. The van der Waals surface area contributed by atoms with Crippen LogP contribution < -0.4 is 15.1 Å². The molecule has 1 amide bonds. The third-order valence-corrected chi connectivity index (χ3v) is 5.39. The molecule has 1 aliphatic heterocycles. The number of nitrogens with one attached hydrogen (secondary N) is 1. The number of benzene rings is 2. The Balaban J connectivity index is 1.17. The Hall–Kier alpha value is -3.94. The van der Waals surface area contributed by atoms with Crippen LogP contribution in [0, 0.1) is 0 Å². The molecule has 5 rings (SSSR count). The van der Waals surface area contributed by atoms with E-state index in [4.69, 9.17) is 4.52 Å². The summed E-state index contributed by atoms with van der Waals surface area (Å²) >= 11 is 0. The highest BCUT2D eigenvalue weighted by Gasteiger charge is 2.19. The number of amides is 1. The third-order valence-electron chi connectivity index (χ3n) is 5.39. The lowest BCUT2D eigenvalue weighted by atomic mass is 10.1. The van der Waals surface area contributed by atoms with Crippen molar-refractivity contribution in [2.75, 3.05) is 41.3 Å². The molecule has 31 heavy (non-hydrogen) atoms. The van der Waals surface area contributed by atoms with Crippen molar-refractivity contribution >= 4 is 34.2 Å². The lowest BCUT2D eigenvalue weighted by Crippen LogP contribution is -2.47. The van der Waals surface area contributed by atoms with Gasteiger partial charge in [0.05, 0.1) is 24.5 Å². The van der Waals surface area contributed by atoms with Gasteiger partial charge in [0.15, 0.2) is 5.58 Å². The van der Waals surface area contributed by atoms with Crippen LogP contribution in [0.4, 0.5) is 17.3 Å². The van der Waals surface area contributed by atoms with Crippen molar-refractivity contribution < 1.29 is 9.32 Å². The molecule has 3 heterocycles. The van der Waals surface area contributed by atoms with Gasteiger partial charge in [0.1, 0.15) is 5.69 Å². The maximum Gasteiger partial charge on any atom is 0.230 e. The fourth-order valence-corrected chi connectivity index (χ4v) is 3.78. The van der Waals surface area contributed by atoms with Gasteiger partial charge < -0.3 is 19.6 Å². The Bertz CT molecular complexity index is 1170. The summed E-state index contributed by atoms with van der Waals surface area (Å²) in [5.41, 5.74) is 3.08. The fourth-order valence-electron chi connectivity index (χ4n) is 3.78. The number of aromatic nitrogens is 3. The molecule has 4 aromatic rings. The second kappa shape index (κ2) is 8.43. The van der Waals surface area contributed by atoms with Gasteiger partial charge in [-0.2, -0.15) is 0 Å². The Morgan fingerprint density at radius 2 is 1.58 bits per heavy atom. The second-order valence-corrected chi connectivity index (χ2v) is 7.43. The van der Waals surface area contributed by atoms with Crippen molar-refractivity contribution in [1.29, 1.82) is 0 Å². The van der Waals surface area contributed by atoms with Gasteiger partial charge in [-0.1, -0.05) is 35.5 Å². The van der Waals surface area contributed by atoms with Crippen molar-refractivity contribution in [1.82, 2.24) is 15.1 Å². The fraction of sp³-hybridized carbons (Fsp3) is 0.217. The zero-order chi connectivity index (χ0) is 21.0. The maximum atomic E-state index is 12.4. The average Bonchev–Trinajstić information content (AvgIpc) is 3.23. The van der Waals surface area contributed by atoms with Gasteiger partial charge in [-0.15, -0.1) is 0 Å². The van der Waals surface area contributed by atoms with Crippen LogP contribution >= 0.6 is 0 Å². The summed E-state index contributed by atoms with van der Waals surface area (Å²) in [6, 6.07) is 17.9. The van der Waals surface area contributed by atoms with Crippen LogP contribution in [0.25, 0.3) is 11.0 Å². The van der Waals surface area contributed by atoms with Crippen LogP contribution in [-0.4, -0.2) is 47.2 Å². The number of carbonyl (C=O) groups excluding carboxylic acids is 1. The molecule has 8 nitrogen and oxygen atoms in total. The highest BCUT2D eigenvalue weighted by molar-refractivity contribution is 5.94. The zero-order valence-electron chi connectivity index (χ0n) is 16.9. The smallest absolute Gasteiger partial charge is 0.230 e. The van der Waals surface area contributed by atoms with E-state index in [1.54, 1.807) is 12.4 Å². The monoisotopic (exact) mass is 414 g/mol. The first-order valence-electron chi connectivity index (χ1n) is 10.3. The number of rotatable bonds is 5. The number of para-hydroxylation sites is 2. The van der Waals surface area contributed by atoms with Crippen LogP contribution in [-0.2, 0) is 11.2 Å². The Kier molecular flexibility index (Phi) is 5.18. The van der Waals surface area contributed by atoms with Crippen molar-refractivity contribution in [2.45, 2.75) is 6.42 Å². The summed E-state index contributed by atoms with van der Waals surface area (Å²) in [7, 11) is 0. The van der Waals surface area contributed by atoms with Crippen molar-refractivity contribution in [3.05, 3.63) is 72.7 Å². The molecule has 2 aromatic carbocycles. The van der Waals surface area contributed by atoms with Crippen molar-refractivity contribution in [3.8, 4) is 0 Å². The molecular weight excluding hydrogens is 392 g/mol. The Morgan fingerprint density at radius 1 is 0.903 bits per heavy atom. The van der Waals surface area contributed by atoms with Gasteiger partial charge in [-0.3, -0.25) is 4.79 Å². The van der Waals surface area contributed by atoms with Crippen LogP contribution in [0.3, 0.4) is 0 Å². The van der Waals surface area contributed by atoms with Gasteiger partial charge in [-0.05, 0) is 24.3 Å². The molecular formula is C23H22N6O2. The van der Waals surface area contributed by atoms with E-state index in [9.17, 15) is 4.79 Å². The van der Waals surface area contributed by atoms with Gasteiger partial charge in [0, 0.05) is 37.3 Å². The Morgan fingerprint density at radius 3 is 2.35 bits per heavy atom. The number of piperazine rings is 1. The van der Waals surface area contributed by atoms with E-state index in [0.29, 0.717) is 22.9 Å². The summed E-state index contributed by atoms with van der Waals surface area (Å²) in [4.78, 5) is 25.8. The zero-order valence-corrected chi connectivity index (χ0v) is 16.9. The first kappa shape index (κ1) is 19.0. The number of nitrogens with zero attached hydrogens (tertiary/aromatic N) is 5. The molecule has 0 atom stereocenters. The number of anilines is 3. The molecule has 8 heteroatoms. The van der Waals surface area contributed by atoms with Crippen molar-refractivity contribution in [3.63, 3.8) is 0 Å². The quantitative estimate of drug-likeness (QED) is 0.537. The predicted molar refractivity (Wildman–Crippen MR) is 119 cm³/mol. The van der Waals surface area contributed by atoms with Gasteiger partial charge >= 0.3 is 0 Å². The molecule has 1 aliphatic rings. The summed E-state index contributed by atoms with van der Waals surface area (Å²) < 4.78 is 5.26. The Labute approximate surface area is 179 Å². The molecule has 0 spiro atoms. The molecule has 0 bridgehead atoms. The summed E-state index contributed by atoms with van der Waals surface area (Å²) in [6.45, 7) is 3.52. The highest BCUT2D eigenvalue weighted by Crippen LogP contribution is 2.20. The normalized spacial score (nSPS) is 14.1. The highest BCUT2D eigenvalue weighted by atomic mass is 16.5. The molecule has 0 radical (unpaired) electrons. The van der Waals surface area contributed by atoms with E-state index >= 15 is 0 Å². The SMILES string of the molecule is O=C(Cc1noc2ccccc12)Nc1cnc(N2CCN(c3ccccc3)CC2)nc1.